The van der Waals surface area contributed by atoms with Crippen LogP contribution < -0.4 is 5.32 Å². The highest BCUT2D eigenvalue weighted by atomic mass is 79.9. The molecule has 0 aromatic heterocycles. The van der Waals surface area contributed by atoms with Gasteiger partial charge in [-0.05, 0) is 62.5 Å². The number of nitrogens with one attached hydrogen (secondary N) is 1. The van der Waals surface area contributed by atoms with Crippen molar-refractivity contribution in [3.8, 4) is 0 Å². The molecule has 2 nitrogen and oxygen atoms in total. The molecule has 19 heavy (non-hydrogen) atoms. The fourth-order valence-corrected chi connectivity index (χ4v) is 3.37. The van der Waals surface area contributed by atoms with Crippen LogP contribution in [0.5, 0.6) is 0 Å². The van der Waals surface area contributed by atoms with Crippen LogP contribution in [-0.4, -0.2) is 31.1 Å². The smallest absolute Gasteiger partial charge is 0.0244 e. The molecule has 1 aromatic rings. The van der Waals surface area contributed by atoms with E-state index in [0.717, 1.165) is 19.0 Å². The molecule has 1 aliphatic rings. The van der Waals surface area contributed by atoms with Crippen LogP contribution in [0.2, 0.25) is 0 Å². The maximum Gasteiger partial charge on any atom is 0.0244 e. The van der Waals surface area contributed by atoms with Crippen LogP contribution in [0, 0.1) is 12.8 Å². The van der Waals surface area contributed by atoms with E-state index in [2.05, 4.69) is 58.2 Å². The quantitative estimate of drug-likeness (QED) is 0.890. The zero-order valence-corrected chi connectivity index (χ0v) is 13.7. The van der Waals surface area contributed by atoms with Gasteiger partial charge in [0.15, 0.2) is 0 Å². The summed E-state index contributed by atoms with van der Waals surface area (Å²) in [6.07, 6.45) is 2.65. The van der Waals surface area contributed by atoms with E-state index in [0.29, 0.717) is 0 Å². The zero-order chi connectivity index (χ0) is 13.7. The van der Waals surface area contributed by atoms with Crippen LogP contribution in [0.15, 0.2) is 22.7 Å². The highest BCUT2D eigenvalue weighted by molar-refractivity contribution is 9.10. The molecule has 0 aliphatic carbocycles. The first kappa shape index (κ1) is 15.0. The molecule has 0 bridgehead atoms. The highest BCUT2D eigenvalue weighted by Gasteiger charge is 2.16. The Labute approximate surface area is 125 Å². The second-order valence-electron chi connectivity index (χ2n) is 5.62. The molecular weight excluding hydrogens is 300 g/mol. The molecule has 1 aliphatic heterocycles. The average Bonchev–Trinajstić information content (AvgIpc) is 2.42. The SMILES string of the molecule is CCN(Cc1ccc(C)cc1Br)CC1CCNCC1. The average molecular weight is 325 g/mol. The van der Waals surface area contributed by atoms with Gasteiger partial charge in [0.1, 0.15) is 0 Å². The Bertz CT molecular complexity index is 400. The first-order valence-electron chi connectivity index (χ1n) is 7.37. The number of hydrogen-bond donors (Lipinski definition) is 1. The van der Waals surface area contributed by atoms with Gasteiger partial charge in [0.2, 0.25) is 0 Å². The van der Waals surface area contributed by atoms with E-state index in [4.69, 9.17) is 0 Å². The maximum atomic E-state index is 3.69. The molecule has 0 atom stereocenters. The second-order valence-corrected chi connectivity index (χ2v) is 6.47. The van der Waals surface area contributed by atoms with E-state index >= 15 is 0 Å². The molecule has 2 rings (SSSR count). The summed E-state index contributed by atoms with van der Waals surface area (Å²) in [5.74, 6) is 0.866. The Hall–Kier alpha value is -0.380. The van der Waals surface area contributed by atoms with Crippen LogP contribution in [0.4, 0.5) is 0 Å². The minimum atomic E-state index is 0.866. The summed E-state index contributed by atoms with van der Waals surface area (Å²) < 4.78 is 1.25. The molecule has 106 valence electrons. The Morgan fingerprint density at radius 1 is 1.32 bits per heavy atom. The van der Waals surface area contributed by atoms with Crippen molar-refractivity contribution in [1.82, 2.24) is 10.2 Å². The van der Waals surface area contributed by atoms with Gasteiger partial charge in [0.05, 0.1) is 0 Å². The number of piperidine rings is 1. The van der Waals surface area contributed by atoms with Gasteiger partial charge in [0.25, 0.3) is 0 Å². The summed E-state index contributed by atoms with van der Waals surface area (Å²) in [7, 11) is 0. The Balaban J connectivity index is 1.94. The van der Waals surface area contributed by atoms with Crippen LogP contribution in [0.1, 0.15) is 30.9 Å². The largest absolute Gasteiger partial charge is 0.317 e. The Morgan fingerprint density at radius 3 is 2.68 bits per heavy atom. The summed E-state index contributed by atoms with van der Waals surface area (Å²) in [4.78, 5) is 2.57. The van der Waals surface area contributed by atoms with Crippen LogP contribution in [-0.2, 0) is 6.54 Å². The van der Waals surface area contributed by atoms with Gasteiger partial charge < -0.3 is 5.32 Å². The highest BCUT2D eigenvalue weighted by Crippen LogP contribution is 2.21. The van der Waals surface area contributed by atoms with E-state index in [1.165, 1.54) is 48.1 Å². The fourth-order valence-electron chi connectivity index (χ4n) is 2.76. The van der Waals surface area contributed by atoms with Crippen molar-refractivity contribution in [3.63, 3.8) is 0 Å². The van der Waals surface area contributed by atoms with Crippen molar-refractivity contribution >= 4 is 15.9 Å². The molecule has 1 N–H and O–H groups in total. The van der Waals surface area contributed by atoms with Gasteiger partial charge in [-0.15, -0.1) is 0 Å². The molecule has 0 amide bonds. The Morgan fingerprint density at radius 2 is 2.05 bits per heavy atom. The lowest BCUT2D eigenvalue weighted by atomic mass is 9.97. The van der Waals surface area contributed by atoms with Gasteiger partial charge in [-0.2, -0.15) is 0 Å². The topological polar surface area (TPSA) is 15.3 Å². The second kappa shape index (κ2) is 7.41. The molecule has 1 fully saturated rings. The van der Waals surface area contributed by atoms with E-state index in [9.17, 15) is 0 Å². The van der Waals surface area contributed by atoms with Crippen LogP contribution >= 0.6 is 15.9 Å². The molecule has 0 saturated carbocycles. The molecule has 0 radical (unpaired) electrons. The van der Waals surface area contributed by atoms with Crippen molar-refractivity contribution in [2.24, 2.45) is 5.92 Å². The number of halogens is 1. The van der Waals surface area contributed by atoms with Crippen molar-refractivity contribution < 1.29 is 0 Å². The van der Waals surface area contributed by atoms with E-state index in [1.807, 2.05) is 0 Å². The normalized spacial score (nSPS) is 17.1. The number of hydrogen-bond acceptors (Lipinski definition) is 2. The third-order valence-electron chi connectivity index (χ3n) is 4.02. The number of rotatable bonds is 5. The maximum absolute atomic E-state index is 3.69. The molecule has 1 saturated heterocycles. The monoisotopic (exact) mass is 324 g/mol. The summed E-state index contributed by atoms with van der Waals surface area (Å²) in [5, 5.41) is 3.44. The van der Waals surface area contributed by atoms with Crippen molar-refractivity contribution in [2.75, 3.05) is 26.2 Å². The first-order valence-corrected chi connectivity index (χ1v) is 8.16. The fraction of sp³-hybridized carbons (Fsp3) is 0.625. The van der Waals surface area contributed by atoms with Gasteiger partial charge in [-0.25, -0.2) is 0 Å². The lowest BCUT2D eigenvalue weighted by Crippen LogP contribution is -2.36. The summed E-state index contributed by atoms with van der Waals surface area (Å²) in [5.41, 5.74) is 2.72. The van der Waals surface area contributed by atoms with E-state index < -0.39 is 0 Å². The van der Waals surface area contributed by atoms with Gasteiger partial charge in [0, 0.05) is 17.6 Å². The van der Waals surface area contributed by atoms with E-state index in [-0.39, 0.29) is 0 Å². The lowest BCUT2D eigenvalue weighted by Gasteiger charge is -2.29. The molecular formula is C16H25BrN2. The summed E-state index contributed by atoms with van der Waals surface area (Å²) in [6.45, 7) is 10.2. The van der Waals surface area contributed by atoms with Crippen molar-refractivity contribution in [1.29, 1.82) is 0 Å². The number of nitrogens with zero attached hydrogens (tertiary/aromatic N) is 1. The predicted molar refractivity (Wildman–Crippen MR) is 85.4 cm³/mol. The van der Waals surface area contributed by atoms with Crippen molar-refractivity contribution in [2.45, 2.75) is 33.2 Å². The van der Waals surface area contributed by atoms with Crippen LogP contribution in [0.3, 0.4) is 0 Å². The molecule has 0 unspecified atom stereocenters. The van der Waals surface area contributed by atoms with Gasteiger partial charge in [-0.1, -0.05) is 35.0 Å². The standard InChI is InChI=1S/C16H25BrN2/c1-3-19(11-14-6-8-18-9-7-14)12-15-5-4-13(2)10-16(15)17/h4-5,10,14,18H,3,6-9,11-12H2,1-2H3. The molecule has 1 heterocycles. The zero-order valence-electron chi connectivity index (χ0n) is 12.1. The summed E-state index contributed by atoms with van der Waals surface area (Å²) in [6, 6.07) is 6.68. The minimum Gasteiger partial charge on any atom is -0.317 e. The van der Waals surface area contributed by atoms with Crippen molar-refractivity contribution in [3.05, 3.63) is 33.8 Å². The molecule has 3 heteroatoms. The third kappa shape index (κ3) is 4.59. The number of benzene rings is 1. The van der Waals surface area contributed by atoms with E-state index in [1.54, 1.807) is 0 Å². The van der Waals surface area contributed by atoms with Gasteiger partial charge in [-0.3, -0.25) is 4.90 Å². The summed E-state index contributed by atoms with van der Waals surface area (Å²) >= 11 is 3.69. The molecule has 0 spiro atoms. The first-order chi connectivity index (χ1) is 9.19. The predicted octanol–water partition coefficient (Wildman–Crippen LogP) is 3.58. The number of aryl methyl sites for hydroxylation is 1. The third-order valence-corrected chi connectivity index (χ3v) is 4.76. The molecule has 1 aromatic carbocycles. The van der Waals surface area contributed by atoms with Gasteiger partial charge >= 0.3 is 0 Å². The van der Waals surface area contributed by atoms with Crippen LogP contribution in [0.25, 0.3) is 0 Å². The Kier molecular flexibility index (Phi) is 5.86. The minimum absolute atomic E-state index is 0.866. The lowest BCUT2D eigenvalue weighted by molar-refractivity contribution is 0.207.